The van der Waals surface area contributed by atoms with Crippen molar-refractivity contribution in [3.63, 3.8) is 0 Å². The van der Waals surface area contributed by atoms with E-state index in [1.807, 2.05) is 6.07 Å². The zero-order valence-electron chi connectivity index (χ0n) is 13.1. The highest BCUT2D eigenvalue weighted by atomic mass is 32.2. The number of non-ortho nitro benzene ring substituents is 1. The molecular weight excluding hydrogens is 316 g/mol. The van der Waals surface area contributed by atoms with Crippen LogP contribution in [0.1, 0.15) is 19.4 Å². The van der Waals surface area contributed by atoms with Crippen molar-refractivity contribution in [2.45, 2.75) is 31.7 Å². The molecule has 0 atom stereocenters. The maximum atomic E-state index is 13.0. The number of para-hydroxylation sites is 1. The van der Waals surface area contributed by atoms with Crippen molar-refractivity contribution in [1.29, 1.82) is 0 Å². The monoisotopic (exact) mass is 334 g/mol. The van der Waals surface area contributed by atoms with E-state index in [4.69, 9.17) is 0 Å². The number of sulfonamides is 1. The number of benzene rings is 2. The molecule has 2 rings (SSSR count). The number of nitrogens with zero attached hydrogens (tertiary/aromatic N) is 2. The predicted octanol–water partition coefficient (Wildman–Crippen LogP) is 3.51. The summed E-state index contributed by atoms with van der Waals surface area (Å²) in [5.74, 6) is 0. The Balaban J connectivity index is 2.57. The van der Waals surface area contributed by atoms with Crippen molar-refractivity contribution >= 4 is 21.4 Å². The normalized spacial score (nSPS) is 11.5. The predicted molar refractivity (Wildman–Crippen MR) is 89.1 cm³/mol. The molecule has 0 aliphatic rings. The summed E-state index contributed by atoms with van der Waals surface area (Å²) >= 11 is 0. The van der Waals surface area contributed by atoms with Gasteiger partial charge in [-0.2, -0.15) is 0 Å². The van der Waals surface area contributed by atoms with Crippen LogP contribution in [0.5, 0.6) is 0 Å². The van der Waals surface area contributed by atoms with E-state index >= 15 is 0 Å². The summed E-state index contributed by atoms with van der Waals surface area (Å²) in [6, 6.07) is 12.3. The lowest BCUT2D eigenvalue weighted by atomic mass is 10.2. The molecule has 0 aliphatic heterocycles. The van der Waals surface area contributed by atoms with Gasteiger partial charge in [-0.3, -0.25) is 14.4 Å². The molecule has 2 aromatic carbocycles. The number of nitro benzene ring substituents is 1. The fraction of sp³-hybridized carbons (Fsp3) is 0.250. The fourth-order valence-corrected chi connectivity index (χ4v) is 4.30. The molecule has 0 unspecified atom stereocenters. The molecule has 0 radical (unpaired) electrons. The molecule has 0 N–H and O–H groups in total. The minimum absolute atomic E-state index is 0.0700. The molecule has 23 heavy (non-hydrogen) atoms. The van der Waals surface area contributed by atoms with E-state index in [1.165, 1.54) is 22.5 Å². The van der Waals surface area contributed by atoms with Gasteiger partial charge in [-0.05, 0) is 44.5 Å². The molecule has 2 aromatic rings. The molecule has 0 saturated heterocycles. The third-order valence-corrected chi connectivity index (χ3v) is 5.55. The topological polar surface area (TPSA) is 80.5 Å². The van der Waals surface area contributed by atoms with Gasteiger partial charge in [0.1, 0.15) is 0 Å². The van der Waals surface area contributed by atoms with Gasteiger partial charge in [0.2, 0.25) is 0 Å². The lowest BCUT2D eigenvalue weighted by Gasteiger charge is -2.28. The maximum absolute atomic E-state index is 13.0. The molecule has 0 bridgehead atoms. The fourth-order valence-electron chi connectivity index (χ4n) is 2.43. The zero-order valence-corrected chi connectivity index (χ0v) is 13.9. The Hall–Kier alpha value is -2.41. The summed E-state index contributed by atoms with van der Waals surface area (Å²) in [7, 11) is -3.82. The summed E-state index contributed by atoms with van der Waals surface area (Å²) in [6.07, 6.45) is 0. The van der Waals surface area contributed by atoms with Crippen LogP contribution in [0.25, 0.3) is 0 Å². The lowest BCUT2D eigenvalue weighted by Crippen LogP contribution is -2.37. The van der Waals surface area contributed by atoms with E-state index < -0.39 is 14.9 Å². The number of anilines is 1. The average molecular weight is 334 g/mol. The first-order valence-electron chi connectivity index (χ1n) is 7.09. The lowest BCUT2D eigenvalue weighted by molar-refractivity contribution is -0.385. The summed E-state index contributed by atoms with van der Waals surface area (Å²) in [5.41, 5.74) is 0.776. The first-order chi connectivity index (χ1) is 10.7. The van der Waals surface area contributed by atoms with Crippen LogP contribution in [0.15, 0.2) is 53.4 Å². The molecule has 0 fully saturated rings. The van der Waals surface area contributed by atoms with E-state index in [0.29, 0.717) is 11.3 Å². The Morgan fingerprint density at radius 2 is 1.70 bits per heavy atom. The van der Waals surface area contributed by atoms with Crippen LogP contribution in [0, 0.1) is 17.0 Å². The summed E-state index contributed by atoms with van der Waals surface area (Å²) in [5, 5.41) is 10.8. The highest BCUT2D eigenvalue weighted by Gasteiger charge is 2.29. The molecule has 0 saturated carbocycles. The van der Waals surface area contributed by atoms with Gasteiger partial charge in [0.25, 0.3) is 15.7 Å². The standard InChI is InChI=1S/C16H18N2O4S/c1-12(2)17(14-7-5-4-6-8-14)23(21,22)16-10-9-15(18(19)20)11-13(16)3/h4-12H,1-3H3. The second-order valence-electron chi connectivity index (χ2n) is 5.44. The first kappa shape index (κ1) is 17.0. The van der Waals surface area contributed by atoms with E-state index in [-0.39, 0.29) is 16.6 Å². The number of hydrogen-bond donors (Lipinski definition) is 0. The van der Waals surface area contributed by atoms with Gasteiger partial charge in [-0.1, -0.05) is 18.2 Å². The van der Waals surface area contributed by atoms with E-state index in [1.54, 1.807) is 45.0 Å². The van der Waals surface area contributed by atoms with E-state index in [0.717, 1.165) is 0 Å². The minimum Gasteiger partial charge on any atom is -0.264 e. The van der Waals surface area contributed by atoms with Crippen LogP contribution in [-0.4, -0.2) is 19.4 Å². The van der Waals surface area contributed by atoms with E-state index in [9.17, 15) is 18.5 Å². The molecule has 7 heteroatoms. The van der Waals surface area contributed by atoms with Crippen LogP contribution in [-0.2, 0) is 10.0 Å². The second kappa shape index (κ2) is 6.37. The first-order valence-corrected chi connectivity index (χ1v) is 8.53. The Morgan fingerprint density at radius 1 is 1.09 bits per heavy atom. The molecule has 0 aromatic heterocycles. The van der Waals surface area contributed by atoms with Crippen molar-refractivity contribution in [2.75, 3.05) is 4.31 Å². The van der Waals surface area contributed by atoms with E-state index in [2.05, 4.69) is 0 Å². The SMILES string of the molecule is Cc1cc([N+](=O)[O-])ccc1S(=O)(=O)N(c1ccccc1)C(C)C. The Morgan fingerprint density at radius 3 is 2.17 bits per heavy atom. The van der Waals surface area contributed by atoms with Gasteiger partial charge < -0.3 is 0 Å². The van der Waals surface area contributed by atoms with Crippen molar-refractivity contribution in [3.05, 3.63) is 64.2 Å². The van der Waals surface area contributed by atoms with Gasteiger partial charge in [-0.25, -0.2) is 8.42 Å². The highest BCUT2D eigenvalue weighted by molar-refractivity contribution is 7.93. The van der Waals surface area contributed by atoms with Crippen molar-refractivity contribution in [1.82, 2.24) is 0 Å². The second-order valence-corrected chi connectivity index (χ2v) is 7.22. The zero-order chi connectivity index (χ0) is 17.2. The quantitative estimate of drug-likeness (QED) is 0.619. The van der Waals surface area contributed by atoms with Crippen LogP contribution < -0.4 is 4.31 Å². The van der Waals surface area contributed by atoms with Gasteiger partial charge in [-0.15, -0.1) is 0 Å². The van der Waals surface area contributed by atoms with Crippen LogP contribution in [0.2, 0.25) is 0 Å². The number of rotatable bonds is 5. The van der Waals surface area contributed by atoms with Gasteiger partial charge in [0.05, 0.1) is 15.5 Å². The molecule has 0 heterocycles. The minimum atomic E-state index is -3.82. The van der Waals surface area contributed by atoms with Crippen LogP contribution in [0.3, 0.4) is 0 Å². The third kappa shape index (κ3) is 3.34. The Kier molecular flexibility index (Phi) is 4.70. The molecule has 6 nitrogen and oxygen atoms in total. The number of aryl methyl sites for hydroxylation is 1. The number of hydrogen-bond acceptors (Lipinski definition) is 4. The largest absolute Gasteiger partial charge is 0.269 e. The Labute approximate surface area is 135 Å². The molecule has 0 aliphatic carbocycles. The summed E-state index contributed by atoms with van der Waals surface area (Å²) in [6.45, 7) is 5.12. The summed E-state index contributed by atoms with van der Waals surface area (Å²) < 4.78 is 27.4. The summed E-state index contributed by atoms with van der Waals surface area (Å²) in [4.78, 5) is 10.4. The van der Waals surface area contributed by atoms with Crippen molar-refractivity contribution < 1.29 is 13.3 Å². The van der Waals surface area contributed by atoms with Gasteiger partial charge >= 0.3 is 0 Å². The van der Waals surface area contributed by atoms with Crippen molar-refractivity contribution in [2.24, 2.45) is 0 Å². The average Bonchev–Trinajstić information content (AvgIpc) is 2.47. The highest BCUT2D eigenvalue weighted by Crippen LogP contribution is 2.29. The van der Waals surface area contributed by atoms with Crippen LogP contribution in [0.4, 0.5) is 11.4 Å². The molecule has 122 valence electrons. The smallest absolute Gasteiger partial charge is 0.264 e. The van der Waals surface area contributed by atoms with Crippen molar-refractivity contribution in [3.8, 4) is 0 Å². The van der Waals surface area contributed by atoms with Gasteiger partial charge in [0, 0.05) is 18.2 Å². The molecule has 0 spiro atoms. The Bertz CT molecular complexity index is 817. The van der Waals surface area contributed by atoms with Gasteiger partial charge in [0.15, 0.2) is 0 Å². The van der Waals surface area contributed by atoms with Crippen LogP contribution >= 0.6 is 0 Å². The molecular formula is C16H18N2O4S. The molecule has 0 amide bonds. The number of nitro groups is 1. The third-order valence-electron chi connectivity index (χ3n) is 3.39. The maximum Gasteiger partial charge on any atom is 0.269 e.